The molecular weight excluding hydrogens is 905 g/mol. The van der Waals surface area contributed by atoms with E-state index in [2.05, 4.69) is 189 Å². The SMILES string of the molecule is Cc1cccc(C)c1-c1cccc2c1-c1cc(-c3ccccn3)[c-]cc1C2(C)C.[Ir].[c-]1ccc(-c2cccc(-c3cccc(-c4ccccc4)c3)c2)cc1-c1ccccn1. The molecule has 293 valence electrons. The van der Waals surface area contributed by atoms with E-state index < -0.39 is 0 Å². The van der Waals surface area contributed by atoms with Crippen molar-refractivity contribution in [3.63, 3.8) is 0 Å². The van der Waals surface area contributed by atoms with Gasteiger partial charge in [0.2, 0.25) is 0 Å². The fraction of sp³-hybridized carbons (Fsp3) is 0.0877. The number of fused-ring (bicyclic) bond motifs is 3. The van der Waals surface area contributed by atoms with Gasteiger partial charge in [-0.2, -0.15) is 0 Å². The number of hydrogen-bond acceptors (Lipinski definition) is 2. The topological polar surface area (TPSA) is 25.8 Å². The van der Waals surface area contributed by atoms with Crippen LogP contribution in [-0.4, -0.2) is 9.97 Å². The molecule has 1 aliphatic carbocycles. The van der Waals surface area contributed by atoms with Crippen molar-refractivity contribution in [3.8, 4) is 78.1 Å². The predicted octanol–water partition coefficient (Wildman–Crippen LogP) is 14.7. The molecule has 1 aliphatic rings. The molecule has 0 spiro atoms. The summed E-state index contributed by atoms with van der Waals surface area (Å²) in [6, 6.07) is 70.7. The molecule has 0 unspecified atom stereocenters. The van der Waals surface area contributed by atoms with Crippen LogP contribution in [0.2, 0.25) is 0 Å². The van der Waals surface area contributed by atoms with Gasteiger partial charge >= 0.3 is 0 Å². The van der Waals surface area contributed by atoms with Crippen LogP contribution in [0.4, 0.5) is 0 Å². The summed E-state index contributed by atoms with van der Waals surface area (Å²) >= 11 is 0. The minimum absolute atomic E-state index is 0. The molecule has 2 heterocycles. The zero-order chi connectivity index (χ0) is 40.3. The molecule has 1 radical (unpaired) electrons. The van der Waals surface area contributed by atoms with Crippen molar-refractivity contribution < 1.29 is 20.1 Å². The molecule has 9 aromatic rings. The Labute approximate surface area is 368 Å². The summed E-state index contributed by atoms with van der Waals surface area (Å²) in [7, 11) is 0. The average Bonchev–Trinajstić information content (AvgIpc) is 3.53. The van der Waals surface area contributed by atoms with E-state index in [9.17, 15) is 0 Å². The zero-order valence-electron chi connectivity index (χ0n) is 34.2. The quantitative estimate of drug-likeness (QED) is 0.155. The van der Waals surface area contributed by atoms with Crippen molar-refractivity contribution in [1.82, 2.24) is 9.97 Å². The smallest absolute Gasteiger partial charge is 0.0160 e. The molecule has 3 heteroatoms. The van der Waals surface area contributed by atoms with Gasteiger partial charge in [-0.15, -0.1) is 64.7 Å². The van der Waals surface area contributed by atoms with Crippen LogP contribution in [0.15, 0.2) is 194 Å². The van der Waals surface area contributed by atoms with Gasteiger partial charge in [0.15, 0.2) is 0 Å². The van der Waals surface area contributed by atoms with Crippen LogP contribution in [0.1, 0.15) is 36.1 Å². The Bertz CT molecular complexity index is 2800. The number of hydrogen-bond donors (Lipinski definition) is 0. The van der Waals surface area contributed by atoms with E-state index >= 15 is 0 Å². The molecule has 0 aliphatic heterocycles. The van der Waals surface area contributed by atoms with E-state index in [0.717, 1.165) is 28.1 Å². The Morgan fingerprint density at radius 3 is 1.53 bits per heavy atom. The van der Waals surface area contributed by atoms with Crippen LogP contribution < -0.4 is 0 Å². The van der Waals surface area contributed by atoms with Crippen molar-refractivity contribution in [2.75, 3.05) is 0 Å². The van der Waals surface area contributed by atoms with Crippen molar-refractivity contribution in [1.29, 1.82) is 0 Å². The van der Waals surface area contributed by atoms with E-state index in [1.54, 1.807) is 0 Å². The fourth-order valence-electron chi connectivity index (χ4n) is 8.54. The molecule has 10 rings (SSSR count). The molecule has 0 fully saturated rings. The minimum Gasteiger partial charge on any atom is -0.305 e. The summed E-state index contributed by atoms with van der Waals surface area (Å²) in [6.45, 7) is 9.06. The van der Waals surface area contributed by atoms with Crippen LogP contribution in [0, 0.1) is 26.0 Å². The van der Waals surface area contributed by atoms with Crippen LogP contribution in [0.5, 0.6) is 0 Å². The van der Waals surface area contributed by atoms with E-state index in [4.69, 9.17) is 0 Å². The number of pyridine rings is 2. The van der Waals surface area contributed by atoms with Crippen LogP contribution >= 0.6 is 0 Å². The minimum atomic E-state index is -0.0452. The molecule has 60 heavy (non-hydrogen) atoms. The van der Waals surface area contributed by atoms with Gasteiger partial charge in [0, 0.05) is 32.5 Å². The van der Waals surface area contributed by atoms with Gasteiger partial charge in [-0.3, -0.25) is 0 Å². The molecule has 0 saturated carbocycles. The molecular formula is C57H44IrN2-2. The van der Waals surface area contributed by atoms with Crippen LogP contribution in [0.3, 0.4) is 0 Å². The maximum atomic E-state index is 4.54. The summed E-state index contributed by atoms with van der Waals surface area (Å²) < 4.78 is 0. The second-order valence-corrected chi connectivity index (χ2v) is 15.7. The first-order valence-electron chi connectivity index (χ1n) is 20.2. The second kappa shape index (κ2) is 17.4. The van der Waals surface area contributed by atoms with Crippen LogP contribution in [-0.2, 0) is 25.5 Å². The number of aryl methyl sites for hydroxylation is 2. The standard InChI is InChI=1S/C29H20N.C28H24N.Ir/c1-2-9-22(10-3-1)23-11-6-12-24(19-23)25-13-7-14-26(20-25)27-15-8-16-28(21-27)29-17-4-5-18-30-29;1-18-9-7-10-19(2)26(18)21-11-8-12-24-27(21)22-17-20(25-13-5-6-16-29-25)14-15-23(22)28(24,3)4;/h1-15,17-21H;5-13,15-17H,1-4H3;/q2*-1;. The average molecular weight is 949 g/mol. The number of nitrogens with zero attached hydrogens (tertiary/aromatic N) is 2. The van der Waals surface area contributed by atoms with E-state index in [1.165, 1.54) is 72.3 Å². The fourth-order valence-corrected chi connectivity index (χ4v) is 8.54. The normalized spacial score (nSPS) is 12.0. The maximum Gasteiger partial charge on any atom is 0.0160 e. The van der Waals surface area contributed by atoms with Crippen molar-refractivity contribution in [2.45, 2.75) is 33.1 Å². The molecule has 0 bridgehead atoms. The molecule has 7 aromatic carbocycles. The Morgan fingerprint density at radius 1 is 0.417 bits per heavy atom. The summed E-state index contributed by atoms with van der Waals surface area (Å²) in [5.74, 6) is 0. The van der Waals surface area contributed by atoms with Crippen molar-refractivity contribution >= 4 is 0 Å². The van der Waals surface area contributed by atoms with Crippen molar-refractivity contribution in [3.05, 3.63) is 229 Å². The van der Waals surface area contributed by atoms with Gasteiger partial charge in [-0.1, -0.05) is 147 Å². The molecule has 2 aromatic heterocycles. The van der Waals surface area contributed by atoms with E-state index in [1.807, 2.05) is 54.9 Å². The van der Waals surface area contributed by atoms with E-state index in [-0.39, 0.29) is 25.5 Å². The number of benzene rings is 7. The van der Waals surface area contributed by atoms with Gasteiger partial charge in [-0.05, 0) is 116 Å². The summed E-state index contributed by atoms with van der Waals surface area (Å²) in [4.78, 5) is 9.00. The first kappa shape index (κ1) is 40.3. The van der Waals surface area contributed by atoms with Gasteiger partial charge in [0.25, 0.3) is 0 Å². The van der Waals surface area contributed by atoms with Crippen LogP contribution in [0.25, 0.3) is 78.1 Å². The Hall–Kier alpha value is -6.51. The first-order chi connectivity index (χ1) is 28.8. The predicted molar refractivity (Wildman–Crippen MR) is 246 cm³/mol. The van der Waals surface area contributed by atoms with Gasteiger partial charge < -0.3 is 9.97 Å². The number of rotatable bonds is 6. The molecule has 0 saturated heterocycles. The summed E-state index contributed by atoms with van der Waals surface area (Å²) in [5.41, 5.74) is 21.8. The van der Waals surface area contributed by atoms with Gasteiger partial charge in [-0.25, -0.2) is 0 Å². The Morgan fingerprint density at radius 2 is 0.933 bits per heavy atom. The monoisotopic (exact) mass is 949 g/mol. The summed E-state index contributed by atoms with van der Waals surface area (Å²) in [6.07, 6.45) is 3.66. The summed E-state index contributed by atoms with van der Waals surface area (Å²) in [5, 5.41) is 0. The third kappa shape index (κ3) is 7.95. The third-order valence-corrected chi connectivity index (χ3v) is 11.6. The number of aromatic nitrogens is 2. The third-order valence-electron chi connectivity index (χ3n) is 11.6. The molecule has 0 atom stereocenters. The second-order valence-electron chi connectivity index (χ2n) is 15.7. The Balaban J connectivity index is 0.000000164. The van der Waals surface area contributed by atoms with Gasteiger partial charge in [0.1, 0.15) is 0 Å². The molecule has 0 N–H and O–H groups in total. The zero-order valence-corrected chi connectivity index (χ0v) is 36.6. The molecule has 2 nitrogen and oxygen atoms in total. The van der Waals surface area contributed by atoms with Crippen molar-refractivity contribution in [2.24, 2.45) is 0 Å². The largest absolute Gasteiger partial charge is 0.305 e. The van der Waals surface area contributed by atoms with Gasteiger partial charge in [0.05, 0.1) is 0 Å². The first-order valence-corrected chi connectivity index (χ1v) is 20.2. The molecule has 0 amide bonds. The Kier molecular flexibility index (Phi) is 11.7. The maximum absolute atomic E-state index is 4.54. The van der Waals surface area contributed by atoms with E-state index in [0.29, 0.717) is 0 Å².